The summed E-state index contributed by atoms with van der Waals surface area (Å²) in [6.07, 6.45) is 11.6. The number of ether oxygens (including phenoxy) is 2. The highest BCUT2D eigenvalue weighted by atomic mass is 16.7. The van der Waals surface area contributed by atoms with Crippen molar-refractivity contribution in [2.45, 2.75) is 19.1 Å². The predicted octanol–water partition coefficient (Wildman–Crippen LogP) is 2.24. The van der Waals surface area contributed by atoms with Crippen LogP contribution < -0.4 is 0 Å². The van der Waals surface area contributed by atoms with Crippen LogP contribution in [0.4, 0.5) is 0 Å². The molecule has 88 valence electrons. The molecule has 17 heavy (non-hydrogen) atoms. The van der Waals surface area contributed by atoms with E-state index in [0.29, 0.717) is 0 Å². The lowest BCUT2D eigenvalue weighted by Crippen LogP contribution is -2.18. The van der Waals surface area contributed by atoms with Crippen LogP contribution >= 0.6 is 0 Å². The highest BCUT2D eigenvalue weighted by Gasteiger charge is 2.08. The molecule has 0 N–H and O–H groups in total. The Kier molecular flexibility index (Phi) is 6.60. The van der Waals surface area contributed by atoms with Crippen LogP contribution in [-0.4, -0.2) is 19.5 Å². The lowest BCUT2D eigenvalue weighted by atomic mass is 10.1. The second-order valence-corrected chi connectivity index (χ2v) is 3.48. The highest BCUT2D eigenvalue weighted by Crippen LogP contribution is 2.08. The molecule has 0 bridgehead atoms. The van der Waals surface area contributed by atoms with Gasteiger partial charge in [0, 0.05) is 6.42 Å². The minimum absolute atomic E-state index is 0.240. The van der Waals surface area contributed by atoms with Gasteiger partial charge in [0.1, 0.15) is 13.2 Å². The molecule has 0 heterocycles. The molecule has 0 amide bonds. The summed E-state index contributed by atoms with van der Waals surface area (Å²) in [4.78, 5) is 0. The van der Waals surface area contributed by atoms with E-state index in [0.717, 1.165) is 12.8 Å². The quantitative estimate of drug-likeness (QED) is 0.526. The summed E-state index contributed by atoms with van der Waals surface area (Å²) in [5.41, 5.74) is 1.24. The van der Waals surface area contributed by atoms with Gasteiger partial charge in [-0.2, -0.15) is 0 Å². The lowest BCUT2D eigenvalue weighted by Gasteiger charge is -2.15. The minimum atomic E-state index is -0.331. The highest BCUT2D eigenvalue weighted by molar-refractivity contribution is 5.14. The molecule has 0 aliphatic rings. The van der Waals surface area contributed by atoms with Gasteiger partial charge in [-0.05, 0) is 12.0 Å². The molecule has 0 fully saturated rings. The third-order valence-corrected chi connectivity index (χ3v) is 2.22. The second kappa shape index (κ2) is 8.42. The van der Waals surface area contributed by atoms with Crippen molar-refractivity contribution in [3.8, 4) is 24.7 Å². The van der Waals surface area contributed by atoms with Crippen LogP contribution in [0.2, 0.25) is 0 Å². The van der Waals surface area contributed by atoms with E-state index < -0.39 is 0 Å². The average molecular weight is 228 g/mol. The van der Waals surface area contributed by atoms with Gasteiger partial charge in [-0.3, -0.25) is 0 Å². The third-order valence-electron chi connectivity index (χ3n) is 2.22. The van der Waals surface area contributed by atoms with E-state index >= 15 is 0 Å². The number of hydrogen-bond acceptors (Lipinski definition) is 2. The maximum Gasteiger partial charge on any atom is 0.160 e. The van der Waals surface area contributed by atoms with Crippen molar-refractivity contribution in [3.05, 3.63) is 35.9 Å². The number of benzene rings is 1. The van der Waals surface area contributed by atoms with E-state index in [4.69, 9.17) is 22.3 Å². The van der Waals surface area contributed by atoms with Gasteiger partial charge in [-0.25, -0.2) is 0 Å². The van der Waals surface area contributed by atoms with Crippen molar-refractivity contribution >= 4 is 0 Å². The van der Waals surface area contributed by atoms with E-state index in [2.05, 4.69) is 24.0 Å². The average Bonchev–Trinajstić information content (AvgIpc) is 2.39. The Balaban J connectivity index is 2.38. The number of terminal acetylenes is 2. The van der Waals surface area contributed by atoms with Crippen LogP contribution in [0.15, 0.2) is 30.3 Å². The summed E-state index contributed by atoms with van der Waals surface area (Å²) in [7, 11) is 0. The number of aryl methyl sites for hydroxylation is 1. The van der Waals surface area contributed by atoms with E-state index in [1.807, 2.05) is 18.2 Å². The van der Waals surface area contributed by atoms with E-state index in [1.54, 1.807) is 0 Å². The van der Waals surface area contributed by atoms with Crippen molar-refractivity contribution in [1.29, 1.82) is 0 Å². The summed E-state index contributed by atoms with van der Waals surface area (Å²) < 4.78 is 10.7. The van der Waals surface area contributed by atoms with E-state index in [1.165, 1.54) is 5.56 Å². The predicted molar refractivity (Wildman–Crippen MR) is 68.1 cm³/mol. The van der Waals surface area contributed by atoms with E-state index in [-0.39, 0.29) is 19.5 Å². The molecule has 0 saturated heterocycles. The zero-order valence-corrected chi connectivity index (χ0v) is 9.76. The first-order valence-electron chi connectivity index (χ1n) is 5.51. The Morgan fingerprint density at radius 1 is 1.00 bits per heavy atom. The largest absolute Gasteiger partial charge is 0.340 e. The molecule has 0 spiro atoms. The molecule has 0 aliphatic carbocycles. The first-order chi connectivity index (χ1) is 8.36. The molecule has 1 aromatic rings. The Labute approximate surface area is 103 Å². The molecule has 0 saturated carbocycles. The fourth-order valence-corrected chi connectivity index (χ4v) is 1.43. The fraction of sp³-hybridized carbons (Fsp3) is 0.333. The van der Waals surface area contributed by atoms with Gasteiger partial charge in [0.2, 0.25) is 0 Å². The zero-order chi connectivity index (χ0) is 12.3. The standard InChI is InChI=1S/C15H16O2/c1-3-12-16-15(17-13-4-2)11-10-14-8-6-5-7-9-14/h1-2,5-9,15H,10-13H2. The van der Waals surface area contributed by atoms with Gasteiger partial charge in [-0.1, -0.05) is 42.2 Å². The molecular formula is C15H16O2. The normalized spacial score (nSPS) is 9.82. The third kappa shape index (κ3) is 5.78. The topological polar surface area (TPSA) is 18.5 Å². The van der Waals surface area contributed by atoms with Crippen LogP contribution in [-0.2, 0) is 15.9 Å². The van der Waals surface area contributed by atoms with Crippen molar-refractivity contribution in [2.24, 2.45) is 0 Å². The fourth-order valence-electron chi connectivity index (χ4n) is 1.43. The number of rotatable bonds is 7. The van der Waals surface area contributed by atoms with Crippen molar-refractivity contribution in [1.82, 2.24) is 0 Å². The Hall–Kier alpha value is -1.74. The molecule has 0 radical (unpaired) electrons. The van der Waals surface area contributed by atoms with Gasteiger partial charge in [0.15, 0.2) is 6.29 Å². The monoisotopic (exact) mass is 228 g/mol. The van der Waals surface area contributed by atoms with Gasteiger partial charge >= 0.3 is 0 Å². The summed E-state index contributed by atoms with van der Waals surface area (Å²) >= 11 is 0. The summed E-state index contributed by atoms with van der Waals surface area (Å²) in [5.74, 6) is 4.84. The molecule has 0 unspecified atom stereocenters. The summed E-state index contributed by atoms with van der Waals surface area (Å²) in [5, 5.41) is 0. The number of hydrogen-bond donors (Lipinski definition) is 0. The van der Waals surface area contributed by atoms with Crippen molar-refractivity contribution in [3.63, 3.8) is 0 Å². The zero-order valence-electron chi connectivity index (χ0n) is 9.76. The first-order valence-corrected chi connectivity index (χ1v) is 5.51. The minimum Gasteiger partial charge on any atom is -0.340 e. The van der Waals surface area contributed by atoms with Gasteiger partial charge in [0.25, 0.3) is 0 Å². The molecule has 1 rings (SSSR count). The van der Waals surface area contributed by atoms with Crippen LogP contribution in [0.3, 0.4) is 0 Å². The second-order valence-electron chi connectivity index (χ2n) is 3.48. The van der Waals surface area contributed by atoms with E-state index in [9.17, 15) is 0 Å². The first kappa shape index (κ1) is 13.3. The van der Waals surface area contributed by atoms with Crippen molar-refractivity contribution < 1.29 is 9.47 Å². The molecule has 0 atom stereocenters. The van der Waals surface area contributed by atoms with Crippen LogP contribution in [0.5, 0.6) is 0 Å². The summed E-state index contributed by atoms with van der Waals surface area (Å²) in [6, 6.07) is 10.1. The van der Waals surface area contributed by atoms with Crippen LogP contribution in [0, 0.1) is 24.7 Å². The maximum absolute atomic E-state index is 5.36. The smallest absolute Gasteiger partial charge is 0.160 e. The maximum atomic E-state index is 5.36. The van der Waals surface area contributed by atoms with Gasteiger partial charge < -0.3 is 9.47 Å². The molecule has 0 aliphatic heterocycles. The molecule has 2 nitrogen and oxygen atoms in total. The Morgan fingerprint density at radius 2 is 1.59 bits per heavy atom. The molecule has 1 aromatic carbocycles. The molecular weight excluding hydrogens is 212 g/mol. The van der Waals surface area contributed by atoms with Gasteiger partial charge in [0.05, 0.1) is 0 Å². The molecule has 0 aromatic heterocycles. The van der Waals surface area contributed by atoms with Crippen molar-refractivity contribution in [2.75, 3.05) is 13.2 Å². The Bertz CT molecular complexity index is 366. The van der Waals surface area contributed by atoms with Crippen LogP contribution in [0.1, 0.15) is 12.0 Å². The summed E-state index contributed by atoms with van der Waals surface area (Å²) in [6.45, 7) is 0.480. The Morgan fingerprint density at radius 3 is 2.12 bits per heavy atom. The molecule has 2 heteroatoms. The van der Waals surface area contributed by atoms with Gasteiger partial charge in [-0.15, -0.1) is 12.8 Å². The SMILES string of the molecule is C#CCOC(CCc1ccccc1)OCC#C. The lowest BCUT2D eigenvalue weighted by molar-refractivity contribution is -0.127. The van der Waals surface area contributed by atoms with Crippen LogP contribution in [0.25, 0.3) is 0 Å².